The van der Waals surface area contributed by atoms with E-state index >= 15 is 0 Å². The monoisotopic (exact) mass is 293 g/mol. The van der Waals surface area contributed by atoms with Crippen LogP contribution in [-0.4, -0.2) is 56.8 Å². The second-order valence-electron chi connectivity index (χ2n) is 4.82. The Balaban J connectivity index is 2.33. The summed E-state index contributed by atoms with van der Waals surface area (Å²) in [4.78, 5) is 26.0. The second-order valence-corrected chi connectivity index (χ2v) is 4.82. The normalized spacial score (nSPS) is 18.2. The molecule has 0 spiro atoms. The summed E-state index contributed by atoms with van der Waals surface area (Å²) in [6.45, 7) is 2.78. The molecule has 1 aliphatic heterocycles. The molecule has 1 fully saturated rings. The first-order valence-electron chi connectivity index (χ1n) is 6.69. The number of hydrogen-bond donors (Lipinski definition) is 0. The summed E-state index contributed by atoms with van der Waals surface area (Å²) in [5.41, 5.74) is 1.38. The highest BCUT2D eigenvalue weighted by Crippen LogP contribution is 2.23. The summed E-state index contributed by atoms with van der Waals surface area (Å²) in [7, 11) is 2.81. The first kappa shape index (κ1) is 15.3. The number of rotatable bonds is 3. The Morgan fingerprint density at radius 1 is 1.33 bits per heavy atom. The third-order valence-electron chi connectivity index (χ3n) is 3.45. The quantitative estimate of drug-likeness (QED) is 0.778. The summed E-state index contributed by atoms with van der Waals surface area (Å²) in [5.74, 6) is -0.246. The van der Waals surface area contributed by atoms with Crippen molar-refractivity contribution in [2.45, 2.75) is 13.0 Å². The van der Waals surface area contributed by atoms with Crippen LogP contribution >= 0.6 is 0 Å². The summed E-state index contributed by atoms with van der Waals surface area (Å²) in [6, 6.07) is 4.65. The minimum Gasteiger partial charge on any atom is -0.496 e. The van der Waals surface area contributed by atoms with E-state index in [4.69, 9.17) is 14.2 Å². The van der Waals surface area contributed by atoms with Crippen LogP contribution in [0.4, 0.5) is 0 Å². The molecule has 1 aliphatic rings. The molecule has 1 aromatic carbocycles. The maximum Gasteiger partial charge on any atom is 0.331 e. The topological polar surface area (TPSA) is 65.1 Å². The Hall–Kier alpha value is -2.08. The smallest absolute Gasteiger partial charge is 0.331 e. The number of amides is 1. The van der Waals surface area contributed by atoms with E-state index in [0.717, 1.165) is 5.56 Å². The molecule has 1 amide bonds. The number of carbonyl (C=O) groups excluding carboxylic acids is 2. The lowest BCUT2D eigenvalue weighted by Gasteiger charge is -2.34. The molecule has 2 rings (SSSR count). The van der Waals surface area contributed by atoms with Gasteiger partial charge in [0.2, 0.25) is 0 Å². The number of ether oxygens (including phenoxy) is 3. The molecule has 1 heterocycles. The van der Waals surface area contributed by atoms with Crippen LogP contribution in [0.5, 0.6) is 5.75 Å². The van der Waals surface area contributed by atoms with Crippen molar-refractivity contribution in [2.75, 3.05) is 34.0 Å². The SMILES string of the molecule is COC(=O)C1COCCN1C(=O)c1cc(C)ccc1OC. The number of carbonyl (C=O) groups is 2. The number of methoxy groups -OCH3 is 2. The van der Waals surface area contributed by atoms with Crippen molar-refractivity contribution in [3.05, 3.63) is 29.3 Å². The second kappa shape index (κ2) is 6.58. The summed E-state index contributed by atoms with van der Waals surface area (Å²) < 4.78 is 15.3. The molecular formula is C15H19NO5. The van der Waals surface area contributed by atoms with Crippen LogP contribution in [0.15, 0.2) is 18.2 Å². The van der Waals surface area contributed by atoms with Gasteiger partial charge in [-0.1, -0.05) is 11.6 Å². The van der Waals surface area contributed by atoms with Gasteiger partial charge in [0.15, 0.2) is 6.04 Å². The lowest BCUT2D eigenvalue weighted by Crippen LogP contribution is -2.53. The van der Waals surface area contributed by atoms with E-state index in [9.17, 15) is 9.59 Å². The van der Waals surface area contributed by atoms with Gasteiger partial charge in [-0.05, 0) is 19.1 Å². The average Bonchev–Trinajstić information content (AvgIpc) is 2.53. The number of hydrogen-bond acceptors (Lipinski definition) is 5. The maximum absolute atomic E-state index is 12.7. The van der Waals surface area contributed by atoms with Crippen molar-refractivity contribution in [3.8, 4) is 5.75 Å². The number of esters is 1. The molecule has 0 bridgehead atoms. The molecule has 0 saturated carbocycles. The van der Waals surface area contributed by atoms with E-state index in [1.807, 2.05) is 13.0 Å². The van der Waals surface area contributed by atoms with Crippen molar-refractivity contribution in [1.29, 1.82) is 0 Å². The highest BCUT2D eigenvalue weighted by atomic mass is 16.5. The molecular weight excluding hydrogens is 274 g/mol. The number of morpholine rings is 1. The molecule has 0 aromatic heterocycles. The van der Waals surface area contributed by atoms with Gasteiger partial charge in [-0.2, -0.15) is 0 Å². The Morgan fingerprint density at radius 3 is 2.76 bits per heavy atom. The Kier molecular flexibility index (Phi) is 4.80. The van der Waals surface area contributed by atoms with Crippen molar-refractivity contribution < 1.29 is 23.8 Å². The lowest BCUT2D eigenvalue weighted by molar-refractivity contribution is -0.151. The van der Waals surface area contributed by atoms with Gasteiger partial charge in [-0.3, -0.25) is 4.79 Å². The largest absolute Gasteiger partial charge is 0.496 e. The van der Waals surface area contributed by atoms with Crippen molar-refractivity contribution in [3.63, 3.8) is 0 Å². The molecule has 1 unspecified atom stereocenters. The van der Waals surface area contributed by atoms with Crippen LogP contribution in [-0.2, 0) is 14.3 Å². The summed E-state index contributed by atoms with van der Waals surface area (Å²) >= 11 is 0. The van der Waals surface area contributed by atoms with Crippen molar-refractivity contribution in [2.24, 2.45) is 0 Å². The Bertz CT molecular complexity index is 543. The highest BCUT2D eigenvalue weighted by molar-refractivity contribution is 5.99. The zero-order valence-corrected chi connectivity index (χ0v) is 12.4. The standard InChI is InChI=1S/C15H19NO5/c1-10-4-5-13(19-2)11(8-10)14(17)16-6-7-21-9-12(16)15(18)20-3/h4-5,8,12H,6-7,9H2,1-3H3. The third kappa shape index (κ3) is 3.16. The van der Waals surface area contributed by atoms with Crippen LogP contribution in [0.3, 0.4) is 0 Å². The third-order valence-corrected chi connectivity index (χ3v) is 3.45. The fraction of sp³-hybridized carbons (Fsp3) is 0.467. The molecule has 0 radical (unpaired) electrons. The van der Waals surface area contributed by atoms with E-state index in [-0.39, 0.29) is 12.5 Å². The number of nitrogens with zero attached hydrogens (tertiary/aromatic N) is 1. The molecule has 0 N–H and O–H groups in total. The fourth-order valence-corrected chi connectivity index (χ4v) is 2.32. The molecule has 1 atom stereocenters. The summed E-state index contributed by atoms with van der Waals surface area (Å²) in [5, 5.41) is 0. The van der Waals surface area contributed by atoms with E-state index < -0.39 is 12.0 Å². The highest BCUT2D eigenvalue weighted by Gasteiger charge is 2.35. The Morgan fingerprint density at radius 2 is 2.10 bits per heavy atom. The lowest BCUT2D eigenvalue weighted by atomic mass is 10.1. The number of aryl methyl sites for hydroxylation is 1. The van der Waals surface area contributed by atoms with Gasteiger partial charge in [0.25, 0.3) is 5.91 Å². The van der Waals surface area contributed by atoms with E-state index in [1.54, 1.807) is 12.1 Å². The molecule has 1 saturated heterocycles. The van der Waals surface area contributed by atoms with E-state index in [0.29, 0.717) is 24.5 Å². The van der Waals surface area contributed by atoms with Gasteiger partial charge >= 0.3 is 5.97 Å². The van der Waals surface area contributed by atoms with Gasteiger partial charge < -0.3 is 19.1 Å². The fourth-order valence-electron chi connectivity index (χ4n) is 2.32. The van der Waals surface area contributed by atoms with Crippen LogP contribution in [0.1, 0.15) is 15.9 Å². The predicted molar refractivity (Wildman–Crippen MR) is 75.4 cm³/mol. The van der Waals surface area contributed by atoms with Gasteiger partial charge in [-0.15, -0.1) is 0 Å². The molecule has 114 valence electrons. The van der Waals surface area contributed by atoms with Crippen molar-refractivity contribution in [1.82, 2.24) is 4.90 Å². The first-order valence-corrected chi connectivity index (χ1v) is 6.69. The Labute approximate surface area is 123 Å². The van der Waals surface area contributed by atoms with E-state index in [1.165, 1.54) is 19.1 Å². The van der Waals surface area contributed by atoms with Crippen LogP contribution in [0.25, 0.3) is 0 Å². The first-order chi connectivity index (χ1) is 10.1. The van der Waals surface area contributed by atoms with Gasteiger partial charge in [0.1, 0.15) is 5.75 Å². The molecule has 6 heteroatoms. The van der Waals surface area contributed by atoms with Gasteiger partial charge in [-0.25, -0.2) is 4.79 Å². The van der Waals surface area contributed by atoms with Crippen LogP contribution in [0, 0.1) is 6.92 Å². The zero-order valence-electron chi connectivity index (χ0n) is 12.4. The molecule has 6 nitrogen and oxygen atoms in total. The molecule has 1 aromatic rings. The molecule has 21 heavy (non-hydrogen) atoms. The predicted octanol–water partition coefficient (Wildman–Crippen LogP) is 1.02. The van der Waals surface area contributed by atoms with Crippen LogP contribution < -0.4 is 4.74 Å². The minimum absolute atomic E-state index is 0.145. The number of benzene rings is 1. The maximum atomic E-state index is 12.7. The van der Waals surface area contributed by atoms with Gasteiger partial charge in [0.05, 0.1) is 33.0 Å². The van der Waals surface area contributed by atoms with Crippen LogP contribution in [0.2, 0.25) is 0 Å². The summed E-state index contributed by atoms with van der Waals surface area (Å²) in [6.07, 6.45) is 0. The molecule has 0 aliphatic carbocycles. The average molecular weight is 293 g/mol. The van der Waals surface area contributed by atoms with E-state index in [2.05, 4.69) is 0 Å². The van der Waals surface area contributed by atoms with Gasteiger partial charge in [0, 0.05) is 6.54 Å². The van der Waals surface area contributed by atoms with Crippen molar-refractivity contribution >= 4 is 11.9 Å². The zero-order chi connectivity index (χ0) is 15.4. The minimum atomic E-state index is -0.721.